The summed E-state index contributed by atoms with van der Waals surface area (Å²) in [7, 11) is -3.51. The smallest absolute Gasteiger partial charge is 0.207 e. The molecular formula is C12H17Cl2NO2S. The van der Waals surface area contributed by atoms with Crippen LogP contribution in [0, 0.1) is 0 Å². The molecule has 18 heavy (non-hydrogen) atoms. The van der Waals surface area contributed by atoms with Gasteiger partial charge in [0.2, 0.25) is 10.0 Å². The predicted octanol–water partition coefficient (Wildman–Crippen LogP) is 3.80. The highest BCUT2D eigenvalue weighted by Crippen LogP contribution is 2.25. The second-order valence-corrected chi connectivity index (χ2v) is 6.82. The van der Waals surface area contributed by atoms with Gasteiger partial charge in [0.25, 0.3) is 0 Å². The van der Waals surface area contributed by atoms with Gasteiger partial charge in [0.1, 0.15) is 0 Å². The lowest BCUT2D eigenvalue weighted by Gasteiger charge is -2.21. The van der Waals surface area contributed by atoms with Gasteiger partial charge in [-0.25, -0.2) is 8.42 Å². The molecule has 0 radical (unpaired) electrons. The molecular weight excluding hydrogens is 293 g/mol. The van der Waals surface area contributed by atoms with Crippen molar-refractivity contribution in [3.63, 3.8) is 0 Å². The lowest BCUT2D eigenvalue weighted by Crippen LogP contribution is -2.32. The Morgan fingerprint density at radius 1 is 1.00 bits per heavy atom. The predicted molar refractivity (Wildman–Crippen MR) is 75.8 cm³/mol. The monoisotopic (exact) mass is 309 g/mol. The summed E-state index contributed by atoms with van der Waals surface area (Å²) in [5.74, 6) is 0. The number of hydrogen-bond donors (Lipinski definition) is 0. The van der Waals surface area contributed by atoms with E-state index in [1.165, 1.54) is 22.5 Å². The van der Waals surface area contributed by atoms with Crippen molar-refractivity contribution in [2.75, 3.05) is 13.1 Å². The Morgan fingerprint density at radius 2 is 1.44 bits per heavy atom. The van der Waals surface area contributed by atoms with E-state index in [-0.39, 0.29) is 4.90 Å². The van der Waals surface area contributed by atoms with Gasteiger partial charge < -0.3 is 0 Å². The van der Waals surface area contributed by atoms with Gasteiger partial charge in [-0.3, -0.25) is 0 Å². The summed E-state index contributed by atoms with van der Waals surface area (Å²) >= 11 is 11.7. The van der Waals surface area contributed by atoms with Crippen molar-refractivity contribution in [3.8, 4) is 0 Å². The summed E-state index contributed by atoms with van der Waals surface area (Å²) < 4.78 is 26.3. The molecule has 0 saturated heterocycles. The van der Waals surface area contributed by atoms with Crippen LogP contribution in [-0.4, -0.2) is 25.8 Å². The van der Waals surface area contributed by atoms with Gasteiger partial charge in [-0.2, -0.15) is 4.31 Å². The summed E-state index contributed by atoms with van der Waals surface area (Å²) in [5.41, 5.74) is 0. The van der Waals surface area contributed by atoms with Crippen molar-refractivity contribution in [1.82, 2.24) is 4.31 Å². The zero-order valence-corrected chi connectivity index (χ0v) is 12.8. The second-order valence-electron chi connectivity index (χ2n) is 4.01. The lowest BCUT2D eigenvalue weighted by atomic mass is 10.4. The Labute approximate surface area is 119 Å². The first-order valence-corrected chi connectivity index (χ1v) is 8.07. The highest BCUT2D eigenvalue weighted by molar-refractivity contribution is 7.89. The Hall–Kier alpha value is -0.290. The molecule has 102 valence electrons. The zero-order chi connectivity index (χ0) is 13.8. The molecule has 0 aliphatic rings. The minimum atomic E-state index is -3.51. The molecule has 0 heterocycles. The summed E-state index contributed by atoms with van der Waals surface area (Å²) in [4.78, 5) is 0.155. The molecule has 3 nitrogen and oxygen atoms in total. The highest BCUT2D eigenvalue weighted by Gasteiger charge is 2.23. The minimum absolute atomic E-state index is 0.155. The topological polar surface area (TPSA) is 37.4 Å². The van der Waals surface area contributed by atoms with Gasteiger partial charge in [-0.05, 0) is 31.0 Å². The Balaban J connectivity index is 3.17. The summed E-state index contributed by atoms with van der Waals surface area (Å²) in [6, 6.07) is 4.38. The Bertz CT molecular complexity index is 477. The first kappa shape index (κ1) is 15.8. The average molecular weight is 310 g/mol. The first-order chi connectivity index (χ1) is 8.41. The largest absolute Gasteiger partial charge is 0.243 e. The van der Waals surface area contributed by atoms with Gasteiger partial charge in [-0.1, -0.05) is 37.0 Å². The van der Waals surface area contributed by atoms with Gasteiger partial charge in [0.15, 0.2) is 0 Å². The standard InChI is InChI=1S/C12H17Cl2NO2S/c1-3-5-15(6-4-2)18(16,17)12-8-10(13)7-11(14)9-12/h7-9H,3-6H2,1-2H3. The molecule has 1 aromatic carbocycles. The maximum atomic E-state index is 12.4. The fourth-order valence-electron chi connectivity index (χ4n) is 1.68. The minimum Gasteiger partial charge on any atom is -0.207 e. The van der Waals surface area contributed by atoms with Crippen molar-refractivity contribution >= 4 is 33.2 Å². The van der Waals surface area contributed by atoms with Crippen LogP contribution in [0.25, 0.3) is 0 Å². The van der Waals surface area contributed by atoms with E-state index in [4.69, 9.17) is 23.2 Å². The van der Waals surface area contributed by atoms with E-state index < -0.39 is 10.0 Å². The number of halogens is 2. The molecule has 0 atom stereocenters. The van der Waals surface area contributed by atoms with Crippen molar-refractivity contribution in [1.29, 1.82) is 0 Å². The summed E-state index contributed by atoms with van der Waals surface area (Å²) in [6.45, 7) is 4.90. The molecule has 6 heteroatoms. The fraction of sp³-hybridized carbons (Fsp3) is 0.500. The third-order valence-corrected chi connectivity index (χ3v) is 4.73. The number of nitrogens with zero attached hydrogens (tertiary/aromatic N) is 1. The molecule has 0 amide bonds. The zero-order valence-electron chi connectivity index (χ0n) is 10.5. The number of sulfonamides is 1. The third kappa shape index (κ3) is 3.85. The summed E-state index contributed by atoms with van der Waals surface area (Å²) in [6.07, 6.45) is 1.54. The van der Waals surface area contributed by atoms with Crippen LogP contribution in [-0.2, 0) is 10.0 Å². The van der Waals surface area contributed by atoms with Crippen LogP contribution in [0.2, 0.25) is 10.0 Å². The molecule has 0 aliphatic heterocycles. The lowest BCUT2D eigenvalue weighted by molar-refractivity contribution is 0.410. The molecule has 0 aromatic heterocycles. The van der Waals surface area contributed by atoms with Crippen LogP contribution in [0.15, 0.2) is 23.1 Å². The van der Waals surface area contributed by atoms with Crippen LogP contribution in [0.3, 0.4) is 0 Å². The van der Waals surface area contributed by atoms with Crippen LogP contribution in [0.1, 0.15) is 26.7 Å². The van der Waals surface area contributed by atoms with Crippen molar-refractivity contribution in [2.24, 2.45) is 0 Å². The molecule has 0 N–H and O–H groups in total. The van der Waals surface area contributed by atoms with Gasteiger partial charge in [-0.15, -0.1) is 0 Å². The second kappa shape index (κ2) is 6.75. The maximum absolute atomic E-state index is 12.4. The number of benzene rings is 1. The number of hydrogen-bond acceptors (Lipinski definition) is 2. The van der Waals surface area contributed by atoms with Crippen LogP contribution in [0.4, 0.5) is 0 Å². The fourth-order valence-corrected chi connectivity index (χ4v) is 4.03. The maximum Gasteiger partial charge on any atom is 0.243 e. The molecule has 0 fully saturated rings. The third-order valence-electron chi connectivity index (χ3n) is 2.42. The van der Waals surface area contributed by atoms with Crippen molar-refractivity contribution < 1.29 is 8.42 Å². The van der Waals surface area contributed by atoms with Gasteiger partial charge >= 0.3 is 0 Å². The Kier molecular flexibility index (Phi) is 5.92. The van der Waals surface area contributed by atoms with Crippen LogP contribution >= 0.6 is 23.2 Å². The molecule has 0 saturated carbocycles. The molecule has 1 aromatic rings. The highest BCUT2D eigenvalue weighted by atomic mass is 35.5. The van der Waals surface area contributed by atoms with Gasteiger partial charge in [0.05, 0.1) is 4.90 Å². The van der Waals surface area contributed by atoms with E-state index >= 15 is 0 Å². The first-order valence-electron chi connectivity index (χ1n) is 5.88. The van der Waals surface area contributed by atoms with Crippen molar-refractivity contribution in [3.05, 3.63) is 28.2 Å². The SMILES string of the molecule is CCCN(CCC)S(=O)(=O)c1cc(Cl)cc(Cl)c1. The average Bonchev–Trinajstić information content (AvgIpc) is 2.27. The normalized spacial score (nSPS) is 12.1. The molecule has 0 aliphatic carbocycles. The molecule has 0 unspecified atom stereocenters. The van der Waals surface area contributed by atoms with Crippen molar-refractivity contribution in [2.45, 2.75) is 31.6 Å². The quantitative estimate of drug-likeness (QED) is 0.801. The van der Waals surface area contributed by atoms with E-state index in [9.17, 15) is 8.42 Å². The van der Waals surface area contributed by atoms with E-state index in [1.54, 1.807) is 0 Å². The van der Waals surface area contributed by atoms with E-state index in [0.29, 0.717) is 23.1 Å². The van der Waals surface area contributed by atoms with E-state index in [2.05, 4.69) is 0 Å². The molecule has 0 bridgehead atoms. The van der Waals surface area contributed by atoms with E-state index in [0.717, 1.165) is 12.8 Å². The molecule has 0 spiro atoms. The van der Waals surface area contributed by atoms with Gasteiger partial charge in [0, 0.05) is 23.1 Å². The molecule has 1 rings (SSSR count). The van der Waals surface area contributed by atoms with Crippen LogP contribution < -0.4 is 0 Å². The van der Waals surface area contributed by atoms with E-state index in [1.807, 2.05) is 13.8 Å². The number of rotatable bonds is 6. The summed E-state index contributed by atoms with van der Waals surface area (Å²) in [5, 5.41) is 0.656. The Morgan fingerprint density at radius 3 is 1.83 bits per heavy atom. The van der Waals surface area contributed by atoms with Crippen LogP contribution in [0.5, 0.6) is 0 Å².